The fourth-order valence-corrected chi connectivity index (χ4v) is 2.87. The van der Waals surface area contributed by atoms with E-state index >= 15 is 0 Å². The lowest BCUT2D eigenvalue weighted by Gasteiger charge is -2.36. The van der Waals surface area contributed by atoms with E-state index in [1.807, 2.05) is 31.7 Å². The zero-order chi connectivity index (χ0) is 17.6. The van der Waals surface area contributed by atoms with Crippen LogP contribution in [-0.4, -0.2) is 40.8 Å². The number of carbonyl (C=O) groups excluding carboxylic acids is 1. The maximum Gasteiger partial charge on any atom is 0.410 e. The van der Waals surface area contributed by atoms with Crippen LogP contribution in [0.4, 0.5) is 4.79 Å². The molecule has 134 valence electrons. The fraction of sp³-hybridized carbons (Fsp3) is 0.667. The number of ether oxygens (including phenoxy) is 2. The third-order valence-corrected chi connectivity index (χ3v) is 4.13. The Morgan fingerprint density at radius 1 is 1.38 bits per heavy atom. The average Bonchev–Trinajstić information content (AvgIpc) is 2.52. The Kier molecular flexibility index (Phi) is 6.87. The van der Waals surface area contributed by atoms with Crippen LogP contribution in [0, 0.1) is 0 Å². The number of nitrogens with zero attached hydrogens (tertiary/aromatic N) is 2. The molecule has 0 spiro atoms. The third-order valence-electron chi connectivity index (χ3n) is 3.91. The lowest BCUT2D eigenvalue weighted by atomic mass is 10.0. The summed E-state index contributed by atoms with van der Waals surface area (Å²) in [5.41, 5.74) is 0.531. The van der Waals surface area contributed by atoms with Crippen LogP contribution in [0.15, 0.2) is 18.3 Å². The highest BCUT2D eigenvalue weighted by atomic mass is 35.5. The zero-order valence-electron chi connectivity index (χ0n) is 14.8. The van der Waals surface area contributed by atoms with Crippen molar-refractivity contribution in [3.63, 3.8) is 0 Å². The number of hydrogen-bond donors (Lipinski definition) is 0. The van der Waals surface area contributed by atoms with Crippen LogP contribution in [0.5, 0.6) is 0 Å². The van der Waals surface area contributed by atoms with Crippen LogP contribution < -0.4 is 0 Å². The van der Waals surface area contributed by atoms with Gasteiger partial charge in [-0.3, -0.25) is 0 Å². The van der Waals surface area contributed by atoms with Gasteiger partial charge in [-0.05, 0) is 58.1 Å². The summed E-state index contributed by atoms with van der Waals surface area (Å²) < 4.78 is 11.2. The Labute approximate surface area is 149 Å². The molecule has 1 aromatic rings. The third kappa shape index (κ3) is 6.29. The van der Waals surface area contributed by atoms with Crippen molar-refractivity contribution in [2.75, 3.05) is 13.2 Å². The number of hydrogen-bond acceptors (Lipinski definition) is 4. The zero-order valence-corrected chi connectivity index (χ0v) is 15.5. The van der Waals surface area contributed by atoms with Gasteiger partial charge >= 0.3 is 6.09 Å². The van der Waals surface area contributed by atoms with Crippen LogP contribution in [-0.2, 0) is 16.1 Å². The van der Waals surface area contributed by atoms with E-state index < -0.39 is 5.60 Å². The van der Waals surface area contributed by atoms with Gasteiger partial charge in [0.2, 0.25) is 0 Å². The molecule has 1 aliphatic rings. The molecule has 0 bridgehead atoms. The second kappa shape index (κ2) is 8.67. The molecule has 1 aromatic heterocycles. The van der Waals surface area contributed by atoms with E-state index in [0.29, 0.717) is 18.4 Å². The van der Waals surface area contributed by atoms with Crippen LogP contribution in [0.2, 0.25) is 5.15 Å². The van der Waals surface area contributed by atoms with E-state index in [1.165, 1.54) is 0 Å². The van der Waals surface area contributed by atoms with E-state index in [0.717, 1.165) is 37.8 Å². The maximum absolute atomic E-state index is 12.4. The Morgan fingerprint density at radius 3 is 2.83 bits per heavy atom. The molecule has 1 atom stereocenters. The summed E-state index contributed by atoms with van der Waals surface area (Å²) in [7, 11) is 0. The van der Waals surface area contributed by atoms with Crippen LogP contribution in [0.1, 0.15) is 52.0 Å². The summed E-state index contributed by atoms with van der Waals surface area (Å²) in [5, 5.41) is 0.481. The predicted octanol–water partition coefficient (Wildman–Crippen LogP) is 4.43. The lowest BCUT2D eigenvalue weighted by Crippen LogP contribution is -2.46. The SMILES string of the molecule is CC(C)(C)OC(=O)N1CCCC[C@H]1CCOCc1ccc(Cl)nc1. The van der Waals surface area contributed by atoms with Gasteiger partial charge in [-0.25, -0.2) is 9.78 Å². The van der Waals surface area contributed by atoms with Crippen LogP contribution in [0.25, 0.3) is 0 Å². The number of likely N-dealkylation sites (tertiary alicyclic amines) is 1. The fourth-order valence-electron chi connectivity index (χ4n) is 2.76. The molecule has 0 saturated carbocycles. The van der Waals surface area contributed by atoms with Gasteiger partial charge in [-0.1, -0.05) is 17.7 Å². The number of carbonyl (C=O) groups is 1. The van der Waals surface area contributed by atoms with Gasteiger partial charge in [-0.2, -0.15) is 0 Å². The first kappa shape index (κ1) is 19.0. The van der Waals surface area contributed by atoms with E-state index in [2.05, 4.69) is 4.98 Å². The van der Waals surface area contributed by atoms with Gasteiger partial charge in [-0.15, -0.1) is 0 Å². The first-order valence-electron chi connectivity index (χ1n) is 8.53. The number of piperidine rings is 1. The smallest absolute Gasteiger partial charge is 0.410 e. The molecule has 1 saturated heterocycles. The Hall–Kier alpha value is -1.33. The minimum Gasteiger partial charge on any atom is -0.444 e. The number of aromatic nitrogens is 1. The van der Waals surface area contributed by atoms with Gasteiger partial charge in [0.05, 0.1) is 6.61 Å². The van der Waals surface area contributed by atoms with Crippen LogP contribution in [0.3, 0.4) is 0 Å². The molecule has 2 heterocycles. The van der Waals surface area contributed by atoms with Crippen molar-refractivity contribution < 1.29 is 14.3 Å². The molecule has 6 heteroatoms. The van der Waals surface area contributed by atoms with Gasteiger partial charge in [0.1, 0.15) is 10.8 Å². The van der Waals surface area contributed by atoms with Crippen molar-refractivity contribution in [1.82, 2.24) is 9.88 Å². The molecule has 1 fully saturated rings. The lowest BCUT2D eigenvalue weighted by molar-refractivity contribution is 0.00378. The summed E-state index contributed by atoms with van der Waals surface area (Å²) in [4.78, 5) is 18.2. The molecule has 0 aromatic carbocycles. The average molecular weight is 355 g/mol. The first-order valence-corrected chi connectivity index (χ1v) is 8.91. The monoisotopic (exact) mass is 354 g/mol. The molecule has 5 nitrogen and oxygen atoms in total. The summed E-state index contributed by atoms with van der Waals surface area (Å²) in [6.45, 7) is 7.56. The second-order valence-electron chi connectivity index (χ2n) is 7.15. The highest BCUT2D eigenvalue weighted by Gasteiger charge is 2.30. The highest BCUT2D eigenvalue weighted by Crippen LogP contribution is 2.22. The van der Waals surface area contributed by atoms with Crippen LogP contribution >= 0.6 is 11.6 Å². The van der Waals surface area contributed by atoms with E-state index in [9.17, 15) is 4.79 Å². The van der Waals surface area contributed by atoms with Crippen molar-refractivity contribution in [1.29, 1.82) is 0 Å². The number of pyridine rings is 1. The van der Waals surface area contributed by atoms with E-state index in [1.54, 1.807) is 12.3 Å². The van der Waals surface area contributed by atoms with Crippen molar-refractivity contribution in [2.24, 2.45) is 0 Å². The minimum absolute atomic E-state index is 0.192. The van der Waals surface area contributed by atoms with E-state index in [-0.39, 0.29) is 12.1 Å². The van der Waals surface area contributed by atoms with Gasteiger partial charge in [0.25, 0.3) is 0 Å². The summed E-state index contributed by atoms with van der Waals surface area (Å²) in [6.07, 6.45) is 5.51. The minimum atomic E-state index is -0.461. The summed E-state index contributed by atoms with van der Waals surface area (Å²) in [5.74, 6) is 0. The normalized spacial score (nSPS) is 18.5. The van der Waals surface area contributed by atoms with Crippen molar-refractivity contribution in [2.45, 2.75) is 64.7 Å². The molecule has 24 heavy (non-hydrogen) atoms. The van der Waals surface area contributed by atoms with Gasteiger partial charge in [0, 0.05) is 25.4 Å². The molecule has 0 aliphatic carbocycles. The number of halogens is 1. The number of rotatable bonds is 5. The molecule has 0 radical (unpaired) electrons. The highest BCUT2D eigenvalue weighted by molar-refractivity contribution is 6.29. The van der Waals surface area contributed by atoms with Crippen molar-refractivity contribution in [3.8, 4) is 0 Å². The quantitative estimate of drug-likeness (QED) is 0.579. The summed E-state index contributed by atoms with van der Waals surface area (Å²) in [6, 6.07) is 3.85. The van der Waals surface area contributed by atoms with Crippen molar-refractivity contribution >= 4 is 17.7 Å². The molecular weight excluding hydrogens is 328 g/mol. The molecule has 1 amide bonds. The number of amides is 1. The van der Waals surface area contributed by atoms with Gasteiger partial charge in [0.15, 0.2) is 0 Å². The maximum atomic E-state index is 12.4. The Morgan fingerprint density at radius 2 is 2.17 bits per heavy atom. The predicted molar refractivity (Wildman–Crippen MR) is 94.1 cm³/mol. The molecule has 2 rings (SSSR count). The van der Waals surface area contributed by atoms with E-state index in [4.69, 9.17) is 21.1 Å². The molecule has 1 aliphatic heterocycles. The Bertz CT molecular complexity index is 528. The topological polar surface area (TPSA) is 51.7 Å². The molecule has 0 N–H and O–H groups in total. The largest absolute Gasteiger partial charge is 0.444 e. The first-order chi connectivity index (χ1) is 11.3. The standard InChI is InChI=1S/C18H27ClN2O3/c1-18(2,3)24-17(22)21-10-5-4-6-15(21)9-11-23-13-14-7-8-16(19)20-12-14/h7-8,12,15H,4-6,9-11,13H2,1-3H3/t15-/m0/s1. The Balaban J connectivity index is 1.78. The second-order valence-corrected chi connectivity index (χ2v) is 7.54. The molecular formula is C18H27ClN2O3. The summed E-state index contributed by atoms with van der Waals surface area (Å²) >= 11 is 5.76. The van der Waals surface area contributed by atoms with Crippen molar-refractivity contribution in [3.05, 3.63) is 29.0 Å². The molecule has 0 unspecified atom stereocenters. The van der Waals surface area contributed by atoms with Gasteiger partial charge < -0.3 is 14.4 Å².